The molecule has 1 nitrogen and oxygen atoms in total. The van der Waals surface area contributed by atoms with Crippen LogP contribution >= 0.6 is 15.9 Å². The van der Waals surface area contributed by atoms with Gasteiger partial charge in [-0.1, -0.05) is 54.4 Å². The monoisotopic (exact) mass is 318 g/mol. The highest BCUT2D eigenvalue weighted by atomic mass is 79.9. The van der Waals surface area contributed by atoms with Crippen molar-refractivity contribution in [1.82, 2.24) is 0 Å². The molecule has 2 aromatic carbocycles. The first-order valence-electron chi connectivity index (χ1n) is 6.79. The van der Waals surface area contributed by atoms with Crippen LogP contribution < -0.4 is 0 Å². The van der Waals surface area contributed by atoms with Gasteiger partial charge in [0.15, 0.2) is 5.78 Å². The normalized spacial score (nSPS) is 11.2. The highest BCUT2D eigenvalue weighted by Gasteiger charge is 2.07. The van der Waals surface area contributed by atoms with Crippen molar-refractivity contribution in [1.29, 1.82) is 0 Å². The summed E-state index contributed by atoms with van der Waals surface area (Å²) in [6, 6.07) is 12.1. The largest absolute Gasteiger partial charge is 0.294 e. The molecule has 0 aromatic heterocycles. The molecule has 0 aliphatic heterocycles. The van der Waals surface area contributed by atoms with E-state index in [1.165, 1.54) is 0 Å². The summed E-state index contributed by atoms with van der Waals surface area (Å²) < 4.78 is 1.07. The van der Waals surface area contributed by atoms with Crippen molar-refractivity contribution in [2.45, 2.75) is 33.1 Å². The van der Waals surface area contributed by atoms with Crippen molar-refractivity contribution in [2.75, 3.05) is 0 Å². The number of hydrogen-bond donors (Lipinski definition) is 0. The Morgan fingerprint density at radius 3 is 2.53 bits per heavy atom. The molecule has 0 amide bonds. The third-order valence-corrected chi connectivity index (χ3v) is 3.80. The smallest absolute Gasteiger partial charge is 0.162 e. The molecule has 0 aliphatic rings. The second kappa shape index (κ2) is 6.33. The lowest BCUT2D eigenvalue weighted by molar-refractivity contribution is 0.0978. The van der Waals surface area contributed by atoms with Gasteiger partial charge in [-0.2, -0.15) is 0 Å². The Morgan fingerprint density at radius 2 is 1.79 bits per heavy atom. The minimum atomic E-state index is 0.255. The van der Waals surface area contributed by atoms with Crippen molar-refractivity contribution in [3.8, 4) is 0 Å². The van der Waals surface area contributed by atoms with Gasteiger partial charge in [0.25, 0.3) is 0 Å². The summed E-state index contributed by atoms with van der Waals surface area (Å²) in [5, 5.41) is 2.28. The third kappa shape index (κ3) is 3.90. The highest BCUT2D eigenvalue weighted by molar-refractivity contribution is 9.10. The molecule has 0 spiro atoms. The van der Waals surface area contributed by atoms with Crippen LogP contribution in [0.3, 0.4) is 0 Å². The van der Waals surface area contributed by atoms with E-state index in [-0.39, 0.29) is 5.78 Å². The number of fused-ring (bicyclic) bond motifs is 1. The second-order valence-electron chi connectivity index (χ2n) is 5.42. The van der Waals surface area contributed by atoms with Crippen LogP contribution in [0.15, 0.2) is 40.9 Å². The zero-order valence-electron chi connectivity index (χ0n) is 11.4. The van der Waals surface area contributed by atoms with Crippen LogP contribution in [0.1, 0.15) is 43.5 Å². The Kier molecular flexibility index (Phi) is 4.76. The molecular weight excluding hydrogens is 300 g/mol. The van der Waals surface area contributed by atoms with E-state index in [1.54, 1.807) is 0 Å². The summed E-state index contributed by atoms with van der Waals surface area (Å²) in [6.45, 7) is 4.39. The van der Waals surface area contributed by atoms with Gasteiger partial charge in [0.1, 0.15) is 0 Å². The minimum absolute atomic E-state index is 0.255. The van der Waals surface area contributed by atoms with E-state index < -0.39 is 0 Å². The van der Waals surface area contributed by atoms with Gasteiger partial charge in [-0.15, -0.1) is 0 Å². The summed E-state index contributed by atoms with van der Waals surface area (Å²) in [4.78, 5) is 12.1. The van der Waals surface area contributed by atoms with Crippen molar-refractivity contribution in [3.63, 3.8) is 0 Å². The van der Waals surface area contributed by atoms with E-state index in [0.29, 0.717) is 12.3 Å². The quantitative estimate of drug-likeness (QED) is 0.655. The molecule has 19 heavy (non-hydrogen) atoms. The van der Waals surface area contributed by atoms with Crippen molar-refractivity contribution in [3.05, 3.63) is 46.4 Å². The Morgan fingerprint density at radius 1 is 1.11 bits per heavy atom. The van der Waals surface area contributed by atoms with E-state index in [9.17, 15) is 4.79 Å². The number of Topliss-reactive ketones (excluding diaryl/α,β-unsaturated/α-hetero) is 1. The topological polar surface area (TPSA) is 17.1 Å². The molecule has 0 unspecified atom stereocenters. The Balaban J connectivity index is 2.12. The second-order valence-corrected chi connectivity index (χ2v) is 6.33. The molecule has 0 saturated heterocycles. The number of carbonyl (C=O) groups is 1. The standard InChI is InChI=1S/C17H19BrO/c1-12(2)4-3-5-17(19)15-7-6-14-11-16(18)9-8-13(14)10-15/h6-12H,3-5H2,1-2H3. The van der Waals surface area contributed by atoms with Gasteiger partial charge in [0.05, 0.1) is 0 Å². The van der Waals surface area contributed by atoms with E-state index in [1.807, 2.05) is 30.3 Å². The summed E-state index contributed by atoms with van der Waals surface area (Å²) in [5.74, 6) is 0.923. The Labute approximate surface area is 123 Å². The van der Waals surface area contributed by atoms with Gasteiger partial charge >= 0.3 is 0 Å². The molecule has 0 radical (unpaired) electrons. The number of halogens is 1. The average molecular weight is 319 g/mol. The number of carbonyl (C=O) groups excluding carboxylic acids is 1. The van der Waals surface area contributed by atoms with Gasteiger partial charge in [-0.25, -0.2) is 0 Å². The predicted molar refractivity (Wildman–Crippen MR) is 84.7 cm³/mol. The fourth-order valence-electron chi connectivity index (χ4n) is 2.21. The maximum absolute atomic E-state index is 12.1. The molecule has 0 fully saturated rings. The lowest BCUT2D eigenvalue weighted by atomic mass is 9.99. The molecule has 0 heterocycles. The lowest BCUT2D eigenvalue weighted by Crippen LogP contribution is -2.00. The molecule has 0 N–H and O–H groups in total. The van der Waals surface area contributed by atoms with E-state index in [4.69, 9.17) is 0 Å². The zero-order chi connectivity index (χ0) is 13.8. The first-order chi connectivity index (χ1) is 9.06. The Bertz CT molecular complexity index is 587. The van der Waals surface area contributed by atoms with E-state index in [0.717, 1.165) is 33.7 Å². The first kappa shape index (κ1) is 14.3. The van der Waals surface area contributed by atoms with Crippen LogP contribution in [0.5, 0.6) is 0 Å². The molecule has 2 aromatic rings. The van der Waals surface area contributed by atoms with Crippen LogP contribution in [0, 0.1) is 5.92 Å². The molecule has 100 valence electrons. The van der Waals surface area contributed by atoms with Crippen molar-refractivity contribution >= 4 is 32.5 Å². The van der Waals surface area contributed by atoms with Crippen molar-refractivity contribution in [2.24, 2.45) is 5.92 Å². The van der Waals surface area contributed by atoms with Crippen LogP contribution in [-0.4, -0.2) is 5.78 Å². The third-order valence-electron chi connectivity index (χ3n) is 3.31. The van der Waals surface area contributed by atoms with Crippen LogP contribution in [0.2, 0.25) is 0 Å². The van der Waals surface area contributed by atoms with Gasteiger partial charge in [0.2, 0.25) is 0 Å². The lowest BCUT2D eigenvalue weighted by Gasteiger charge is -2.05. The minimum Gasteiger partial charge on any atom is -0.294 e. The molecule has 0 bridgehead atoms. The number of ketones is 1. The predicted octanol–water partition coefficient (Wildman–Crippen LogP) is 5.61. The van der Waals surface area contributed by atoms with Crippen LogP contribution in [0.4, 0.5) is 0 Å². The van der Waals surface area contributed by atoms with Gasteiger partial charge in [-0.05, 0) is 41.3 Å². The molecule has 0 atom stereocenters. The SMILES string of the molecule is CC(C)CCCC(=O)c1ccc2cc(Br)ccc2c1. The van der Waals surface area contributed by atoms with Gasteiger partial charge < -0.3 is 0 Å². The summed E-state index contributed by atoms with van der Waals surface area (Å²) in [5.41, 5.74) is 0.832. The van der Waals surface area contributed by atoms with E-state index in [2.05, 4.69) is 35.8 Å². The Hall–Kier alpha value is -1.15. The summed E-state index contributed by atoms with van der Waals surface area (Å²) >= 11 is 3.46. The maximum atomic E-state index is 12.1. The molecule has 2 rings (SSSR count). The summed E-state index contributed by atoms with van der Waals surface area (Å²) in [7, 11) is 0. The maximum Gasteiger partial charge on any atom is 0.162 e. The average Bonchev–Trinajstić information content (AvgIpc) is 2.37. The first-order valence-corrected chi connectivity index (χ1v) is 7.58. The van der Waals surface area contributed by atoms with Gasteiger partial charge in [-0.3, -0.25) is 4.79 Å². The van der Waals surface area contributed by atoms with E-state index >= 15 is 0 Å². The van der Waals surface area contributed by atoms with Gasteiger partial charge in [0, 0.05) is 16.5 Å². The zero-order valence-corrected chi connectivity index (χ0v) is 13.0. The van der Waals surface area contributed by atoms with Crippen molar-refractivity contribution < 1.29 is 4.79 Å². The highest BCUT2D eigenvalue weighted by Crippen LogP contribution is 2.22. The number of hydrogen-bond acceptors (Lipinski definition) is 1. The van der Waals surface area contributed by atoms with Crippen LogP contribution in [0.25, 0.3) is 10.8 Å². The summed E-state index contributed by atoms with van der Waals surface area (Å²) in [6.07, 6.45) is 2.75. The molecule has 2 heteroatoms. The molecule has 0 saturated carbocycles. The fourth-order valence-corrected chi connectivity index (χ4v) is 2.58. The molecule has 0 aliphatic carbocycles. The fraction of sp³-hybridized carbons (Fsp3) is 0.353. The molecular formula is C17H19BrO. The number of rotatable bonds is 5. The van der Waals surface area contributed by atoms with Crippen LogP contribution in [-0.2, 0) is 0 Å². The number of benzene rings is 2.